The molecule has 0 saturated heterocycles. The summed E-state index contributed by atoms with van der Waals surface area (Å²) >= 11 is 0. The summed E-state index contributed by atoms with van der Waals surface area (Å²) < 4.78 is 8.04. The van der Waals surface area contributed by atoms with Gasteiger partial charge in [-0.05, 0) is 13.3 Å². The van der Waals surface area contributed by atoms with E-state index in [1.54, 1.807) is 24.6 Å². The average molecular weight is 320 g/mol. The molecule has 0 fully saturated rings. The molecule has 0 radical (unpaired) electrons. The minimum absolute atomic E-state index is 0.0736. The number of carbonyl (C=O) groups is 1. The lowest BCUT2D eigenvalue weighted by Crippen LogP contribution is -2.31. The number of carbonyl (C=O) groups excluding carboxylic acids is 1. The first-order valence-corrected chi connectivity index (χ1v) is 7.47. The van der Waals surface area contributed by atoms with Crippen LogP contribution in [0.3, 0.4) is 0 Å². The fourth-order valence-corrected chi connectivity index (χ4v) is 2.26. The number of fused-ring (bicyclic) bond motifs is 1. The van der Waals surface area contributed by atoms with Gasteiger partial charge in [-0.2, -0.15) is 0 Å². The van der Waals surface area contributed by atoms with Gasteiger partial charge in [0.2, 0.25) is 0 Å². The van der Waals surface area contributed by atoms with Crippen LogP contribution in [-0.2, 0) is 29.7 Å². The van der Waals surface area contributed by atoms with Crippen LogP contribution in [-0.4, -0.2) is 25.1 Å². The van der Waals surface area contributed by atoms with E-state index in [-0.39, 0.29) is 12.1 Å². The van der Waals surface area contributed by atoms with E-state index in [0.717, 1.165) is 12.8 Å². The second-order valence-electron chi connectivity index (χ2n) is 5.13. The number of imidazole rings is 1. The van der Waals surface area contributed by atoms with Crippen LogP contribution in [0.5, 0.6) is 0 Å². The Hall–Kier alpha value is -2.64. The minimum atomic E-state index is -0.501. The molecule has 0 bridgehead atoms. The normalized spacial score (nSPS) is 11.4. The molecule has 0 aliphatic heterocycles. The van der Waals surface area contributed by atoms with Gasteiger partial charge in [0.1, 0.15) is 12.4 Å². The predicted octanol–water partition coefficient (Wildman–Crippen LogP) is 0.843. The van der Waals surface area contributed by atoms with Gasteiger partial charge in [0.05, 0.1) is 0 Å². The van der Waals surface area contributed by atoms with E-state index >= 15 is 0 Å². The van der Waals surface area contributed by atoms with Crippen LogP contribution >= 0.6 is 0 Å². The highest BCUT2D eigenvalue weighted by Gasteiger charge is 2.16. The number of hydrogen-bond acceptors (Lipinski definition) is 5. The number of nitrogens with zero attached hydrogens (tertiary/aromatic N) is 3. The van der Waals surface area contributed by atoms with E-state index in [4.69, 9.17) is 4.74 Å². The van der Waals surface area contributed by atoms with Gasteiger partial charge in [0.25, 0.3) is 5.56 Å². The molecule has 0 amide bonds. The molecule has 0 spiro atoms. The molecule has 0 aromatic carbocycles. The van der Waals surface area contributed by atoms with E-state index in [2.05, 4.69) is 9.97 Å². The summed E-state index contributed by atoms with van der Waals surface area (Å²) in [6.07, 6.45) is 4.58. The molecule has 8 nitrogen and oxygen atoms in total. The van der Waals surface area contributed by atoms with Crippen molar-refractivity contribution in [1.29, 1.82) is 0 Å². The fourth-order valence-electron chi connectivity index (χ4n) is 2.26. The van der Waals surface area contributed by atoms with E-state index < -0.39 is 17.2 Å². The van der Waals surface area contributed by atoms with Crippen LogP contribution < -0.4 is 11.2 Å². The Labute approximate surface area is 132 Å². The molecule has 0 aliphatic rings. The van der Waals surface area contributed by atoms with Crippen molar-refractivity contribution in [2.24, 2.45) is 7.05 Å². The van der Waals surface area contributed by atoms with Crippen molar-refractivity contribution in [2.75, 3.05) is 0 Å². The van der Waals surface area contributed by atoms with Crippen molar-refractivity contribution >= 4 is 17.1 Å². The van der Waals surface area contributed by atoms with Gasteiger partial charge in [0.15, 0.2) is 11.2 Å². The Kier molecular flexibility index (Phi) is 5.15. The van der Waals surface area contributed by atoms with Crippen LogP contribution in [0.2, 0.25) is 0 Å². The third-order valence-corrected chi connectivity index (χ3v) is 3.49. The Morgan fingerprint density at radius 2 is 2.13 bits per heavy atom. The first kappa shape index (κ1) is 16.7. The largest absolute Gasteiger partial charge is 0.454 e. The summed E-state index contributed by atoms with van der Waals surface area (Å²) in [5, 5.41) is 0. The highest BCUT2D eigenvalue weighted by molar-refractivity contribution is 5.81. The van der Waals surface area contributed by atoms with Crippen molar-refractivity contribution in [3.63, 3.8) is 0 Å². The van der Waals surface area contributed by atoms with Crippen molar-refractivity contribution in [2.45, 2.75) is 39.8 Å². The van der Waals surface area contributed by atoms with E-state index in [1.807, 2.05) is 6.92 Å². The Morgan fingerprint density at radius 1 is 1.39 bits per heavy atom. The molecule has 0 unspecified atom stereocenters. The highest BCUT2D eigenvalue weighted by atomic mass is 16.5. The first-order valence-electron chi connectivity index (χ1n) is 7.47. The topological polar surface area (TPSA) is 99.0 Å². The Morgan fingerprint density at radius 3 is 2.78 bits per heavy atom. The summed E-state index contributed by atoms with van der Waals surface area (Å²) in [7, 11) is 1.65. The van der Waals surface area contributed by atoms with Gasteiger partial charge in [-0.1, -0.05) is 19.4 Å². The number of hydrogen-bond donors (Lipinski definition) is 1. The number of aromatic nitrogens is 4. The summed E-state index contributed by atoms with van der Waals surface area (Å²) in [6.45, 7) is 4.12. The van der Waals surface area contributed by atoms with Gasteiger partial charge in [-0.3, -0.25) is 14.3 Å². The third-order valence-electron chi connectivity index (χ3n) is 3.49. The molecule has 0 aliphatic carbocycles. The molecule has 0 saturated carbocycles. The lowest BCUT2D eigenvalue weighted by Gasteiger charge is -2.04. The predicted molar refractivity (Wildman–Crippen MR) is 85.1 cm³/mol. The zero-order valence-corrected chi connectivity index (χ0v) is 13.5. The van der Waals surface area contributed by atoms with Crippen molar-refractivity contribution in [3.05, 3.63) is 38.8 Å². The van der Waals surface area contributed by atoms with Gasteiger partial charge in [-0.25, -0.2) is 14.6 Å². The Bertz CT molecular complexity index is 857. The van der Waals surface area contributed by atoms with Crippen molar-refractivity contribution < 1.29 is 9.53 Å². The van der Waals surface area contributed by atoms with Crippen LogP contribution in [0.25, 0.3) is 11.2 Å². The number of rotatable bonds is 6. The summed E-state index contributed by atoms with van der Waals surface area (Å²) in [6, 6.07) is 0. The van der Waals surface area contributed by atoms with Gasteiger partial charge in [-0.15, -0.1) is 0 Å². The summed E-state index contributed by atoms with van der Waals surface area (Å²) in [5.41, 5.74) is -0.380. The lowest BCUT2D eigenvalue weighted by atomic mass is 10.3. The number of unbranched alkanes of at least 4 members (excludes halogenated alkanes) is 1. The molecule has 2 rings (SSSR count). The number of aromatic amines is 1. The summed E-state index contributed by atoms with van der Waals surface area (Å²) in [5.74, 6) is -0.0870. The van der Waals surface area contributed by atoms with Gasteiger partial charge in [0, 0.05) is 19.7 Å². The van der Waals surface area contributed by atoms with Crippen molar-refractivity contribution in [1.82, 2.24) is 19.1 Å². The molecular weight excluding hydrogens is 300 g/mol. The fraction of sp³-hybridized carbons (Fsp3) is 0.467. The maximum atomic E-state index is 12.1. The smallest absolute Gasteiger partial charge is 0.330 e. The number of allylic oxidation sites excluding steroid dienone is 1. The molecule has 23 heavy (non-hydrogen) atoms. The van der Waals surface area contributed by atoms with Crippen LogP contribution in [0, 0.1) is 0 Å². The van der Waals surface area contributed by atoms with Gasteiger partial charge < -0.3 is 9.30 Å². The maximum absolute atomic E-state index is 12.1. The number of ether oxygens (including phenoxy) is 1. The van der Waals surface area contributed by atoms with Crippen LogP contribution in [0.15, 0.2) is 21.7 Å². The second kappa shape index (κ2) is 7.08. The minimum Gasteiger partial charge on any atom is -0.454 e. The van der Waals surface area contributed by atoms with Crippen LogP contribution in [0.4, 0.5) is 0 Å². The van der Waals surface area contributed by atoms with E-state index in [0.29, 0.717) is 18.0 Å². The molecule has 2 heterocycles. The highest BCUT2D eigenvalue weighted by Crippen LogP contribution is 2.11. The number of esters is 1. The standard InChI is InChI=1S/C15H20N4O4/c1-4-6-8-19-13-12(14(21)17-15(19)22)18(3)10(16-13)9-23-11(20)7-5-2/h5,7H,4,6,8-9H2,1-3H3,(H,17,21,22). The molecular formula is C15H20N4O4. The van der Waals surface area contributed by atoms with Crippen molar-refractivity contribution in [3.8, 4) is 0 Å². The lowest BCUT2D eigenvalue weighted by molar-refractivity contribution is -0.139. The van der Waals surface area contributed by atoms with Crippen LogP contribution in [0.1, 0.15) is 32.5 Å². The quantitative estimate of drug-likeness (QED) is 0.628. The molecule has 8 heteroatoms. The zero-order valence-electron chi connectivity index (χ0n) is 13.5. The first-order chi connectivity index (χ1) is 11.0. The Balaban J connectivity index is 2.47. The summed E-state index contributed by atoms with van der Waals surface area (Å²) in [4.78, 5) is 42.1. The molecule has 124 valence electrons. The SMILES string of the molecule is CC=CC(=O)OCc1nc2c(c(=O)[nH]c(=O)n2CCCC)n1C. The maximum Gasteiger partial charge on any atom is 0.330 e. The molecule has 2 aromatic heterocycles. The third kappa shape index (κ3) is 3.41. The molecule has 1 N–H and O–H groups in total. The van der Waals surface area contributed by atoms with E-state index in [9.17, 15) is 14.4 Å². The number of aryl methyl sites for hydroxylation is 2. The zero-order chi connectivity index (χ0) is 17.0. The monoisotopic (exact) mass is 320 g/mol. The molecule has 2 aromatic rings. The van der Waals surface area contributed by atoms with Gasteiger partial charge >= 0.3 is 11.7 Å². The van der Waals surface area contributed by atoms with E-state index in [1.165, 1.54) is 10.6 Å². The average Bonchev–Trinajstić information content (AvgIpc) is 2.82. The number of nitrogens with one attached hydrogen (secondary N) is 1. The number of H-pyrrole nitrogens is 1. The second-order valence-corrected chi connectivity index (χ2v) is 5.13. The molecule has 0 atom stereocenters.